The van der Waals surface area contributed by atoms with Crippen molar-refractivity contribution in [3.05, 3.63) is 29.8 Å². The summed E-state index contributed by atoms with van der Waals surface area (Å²) < 4.78 is 5.08. The van der Waals surface area contributed by atoms with Crippen molar-refractivity contribution in [1.29, 1.82) is 5.26 Å². The Morgan fingerprint density at radius 1 is 1.33 bits per heavy atom. The van der Waals surface area contributed by atoms with Crippen LogP contribution in [-0.4, -0.2) is 18.3 Å². The molecule has 1 aromatic rings. The van der Waals surface area contributed by atoms with Crippen molar-refractivity contribution in [3.8, 4) is 11.8 Å². The van der Waals surface area contributed by atoms with Gasteiger partial charge in [0, 0.05) is 0 Å². The molecule has 0 unspecified atom stereocenters. The maximum absolute atomic E-state index is 9.87. The minimum Gasteiger partial charge on any atom is -0.497 e. The maximum Gasteiger partial charge on any atom is 0.118 e. The highest BCUT2D eigenvalue weighted by atomic mass is 16.5. The summed E-state index contributed by atoms with van der Waals surface area (Å²) in [5.74, 6) is 0.532. The summed E-state index contributed by atoms with van der Waals surface area (Å²) in [6.45, 7) is 2.10. The van der Waals surface area contributed by atoms with Crippen LogP contribution in [-0.2, 0) is 0 Å². The molecule has 0 aromatic heterocycles. The second-order valence-electron chi connectivity index (χ2n) is 4.49. The Bertz CT molecular complexity index is 380. The van der Waals surface area contributed by atoms with E-state index >= 15 is 0 Å². The van der Waals surface area contributed by atoms with Gasteiger partial charge in [-0.25, -0.2) is 0 Å². The number of unbranched alkanes of at least 4 members (excludes halogenated alkanes) is 1. The zero-order chi connectivity index (χ0) is 13.4. The molecule has 3 nitrogen and oxygen atoms in total. The average molecular weight is 247 g/mol. The van der Waals surface area contributed by atoms with Crippen LogP contribution >= 0.6 is 0 Å². The van der Waals surface area contributed by atoms with Crippen molar-refractivity contribution in [2.45, 2.75) is 44.6 Å². The molecule has 0 amide bonds. The van der Waals surface area contributed by atoms with E-state index in [1.807, 2.05) is 24.3 Å². The fourth-order valence-corrected chi connectivity index (χ4v) is 1.93. The molecule has 1 N–H and O–H groups in total. The molecule has 3 heteroatoms. The van der Waals surface area contributed by atoms with Gasteiger partial charge in [0.05, 0.1) is 25.2 Å². The number of benzene rings is 1. The fourth-order valence-electron chi connectivity index (χ4n) is 1.93. The number of aliphatic hydroxyl groups is 1. The van der Waals surface area contributed by atoms with E-state index in [4.69, 9.17) is 4.74 Å². The molecule has 0 aliphatic heterocycles. The Kier molecular flexibility index (Phi) is 6.24. The maximum atomic E-state index is 9.87. The van der Waals surface area contributed by atoms with E-state index in [1.165, 1.54) is 0 Å². The molecule has 1 rings (SSSR count). The molecule has 0 saturated heterocycles. The third-order valence-corrected chi connectivity index (χ3v) is 3.07. The Labute approximate surface area is 109 Å². The first-order valence-electron chi connectivity index (χ1n) is 6.42. The molecule has 0 radical (unpaired) electrons. The molecule has 2 atom stereocenters. The number of nitriles is 1. The van der Waals surface area contributed by atoms with Crippen molar-refractivity contribution in [1.82, 2.24) is 0 Å². The lowest BCUT2D eigenvalue weighted by Crippen LogP contribution is -2.11. The number of aliphatic hydroxyl groups excluding tert-OH is 1. The number of methoxy groups -OCH3 is 1. The average Bonchev–Trinajstić information content (AvgIpc) is 2.42. The van der Waals surface area contributed by atoms with Gasteiger partial charge in [-0.05, 0) is 30.5 Å². The number of rotatable bonds is 7. The van der Waals surface area contributed by atoms with Crippen molar-refractivity contribution in [3.63, 3.8) is 0 Å². The lowest BCUT2D eigenvalue weighted by atomic mass is 9.93. The second-order valence-corrected chi connectivity index (χ2v) is 4.49. The van der Waals surface area contributed by atoms with E-state index in [-0.39, 0.29) is 5.92 Å². The van der Waals surface area contributed by atoms with E-state index in [0.29, 0.717) is 6.42 Å². The standard InChI is InChI=1S/C15H21NO2/c1-3-4-5-14(17)10-13(11-16)12-6-8-15(18-2)9-7-12/h6-9,13-14,17H,3-5,10H2,1-2H3/t13-,14+/m1/s1. The number of nitrogens with zero attached hydrogens (tertiary/aromatic N) is 1. The fraction of sp³-hybridized carbons (Fsp3) is 0.533. The molecule has 1 aromatic carbocycles. The van der Waals surface area contributed by atoms with Crippen LogP contribution in [0.25, 0.3) is 0 Å². The van der Waals surface area contributed by atoms with Gasteiger partial charge in [0.25, 0.3) is 0 Å². The highest BCUT2D eigenvalue weighted by Gasteiger charge is 2.15. The summed E-state index contributed by atoms with van der Waals surface area (Å²) in [5.41, 5.74) is 0.939. The minimum atomic E-state index is -0.392. The zero-order valence-corrected chi connectivity index (χ0v) is 11.1. The van der Waals surface area contributed by atoms with E-state index in [0.717, 1.165) is 30.6 Å². The minimum absolute atomic E-state index is 0.247. The summed E-state index contributed by atoms with van der Waals surface area (Å²) in [5, 5.41) is 19.1. The van der Waals surface area contributed by atoms with Gasteiger partial charge in [0.2, 0.25) is 0 Å². The first kappa shape index (κ1) is 14.5. The predicted molar refractivity (Wildman–Crippen MR) is 71.5 cm³/mol. The van der Waals surface area contributed by atoms with Gasteiger partial charge in [0.1, 0.15) is 5.75 Å². The second kappa shape index (κ2) is 7.73. The smallest absolute Gasteiger partial charge is 0.118 e. The molecular weight excluding hydrogens is 226 g/mol. The van der Waals surface area contributed by atoms with E-state index in [2.05, 4.69) is 13.0 Å². The molecular formula is C15H21NO2. The van der Waals surface area contributed by atoms with Crippen LogP contribution in [0.2, 0.25) is 0 Å². The summed E-state index contributed by atoms with van der Waals surface area (Å²) in [6, 6.07) is 9.73. The largest absolute Gasteiger partial charge is 0.497 e. The van der Waals surface area contributed by atoms with E-state index in [9.17, 15) is 10.4 Å². The Balaban J connectivity index is 2.62. The Morgan fingerprint density at radius 2 is 2.00 bits per heavy atom. The summed E-state index contributed by atoms with van der Waals surface area (Å²) in [6.07, 6.45) is 2.95. The van der Waals surface area contributed by atoms with Crippen LogP contribution in [0.4, 0.5) is 0 Å². The summed E-state index contributed by atoms with van der Waals surface area (Å²) >= 11 is 0. The lowest BCUT2D eigenvalue weighted by molar-refractivity contribution is 0.148. The Hall–Kier alpha value is -1.53. The molecule has 0 fully saturated rings. The molecule has 0 spiro atoms. The van der Waals surface area contributed by atoms with Gasteiger partial charge in [-0.2, -0.15) is 5.26 Å². The predicted octanol–water partition coefficient (Wildman–Crippen LogP) is 3.24. The highest BCUT2D eigenvalue weighted by Crippen LogP contribution is 2.24. The van der Waals surface area contributed by atoms with Gasteiger partial charge in [-0.15, -0.1) is 0 Å². The number of hydrogen-bond donors (Lipinski definition) is 1. The molecule has 0 heterocycles. The van der Waals surface area contributed by atoms with Gasteiger partial charge in [-0.3, -0.25) is 0 Å². The van der Waals surface area contributed by atoms with Crippen LogP contribution in [0.5, 0.6) is 5.75 Å². The third kappa shape index (κ3) is 4.38. The first-order chi connectivity index (χ1) is 8.71. The Morgan fingerprint density at radius 3 is 2.50 bits per heavy atom. The van der Waals surface area contributed by atoms with Crippen LogP contribution in [0.3, 0.4) is 0 Å². The van der Waals surface area contributed by atoms with Gasteiger partial charge < -0.3 is 9.84 Å². The van der Waals surface area contributed by atoms with Crippen molar-refractivity contribution >= 4 is 0 Å². The van der Waals surface area contributed by atoms with Gasteiger partial charge >= 0.3 is 0 Å². The third-order valence-electron chi connectivity index (χ3n) is 3.07. The van der Waals surface area contributed by atoms with E-state index in [1.54, 1.807) is 7.11 Å². The molecule has 0 saturated carbocycles. The SMILES string of the molecule is CCCC[C@H](O)C[C@H](C#N)c1ccc(OC)cc1. The summed E-state index contributed by atoms with van der Waals surface area (Å²) in [7, 11) is 1.62. The molecule has 0 aliphatic carbocycles. The van der Waals surface area contributed by atoms with Crippen molar-refractivity contribution in [2.75, 3.05) is 7.11 Å². The number of hydrogen-bond acceptors (Lipinski definition) is 3. The van der Waals surface area contributed by atoms with Crippen molar-refractivity contribution in [2.24, 2.45) is 0 Å². The van der Waals surface area contributed by atoms with Crippen LogP contribution in [0.15, 0.2) is 24.3 Å². The highest BCUT2D eigenvalue weighted by molar-refractivity contribution is 5.32. The monoisotopic (exact) mass is 247 g/mol. The van der Waals surface area contributed by atoms with Crippen molar-refractivity contribution < 1.29 is 9.84 Å². The molecule has 18 heavy (non-hydrogen) atoms. The van der Waals surface area contributed by atoms with Gasteiger partial charge in [0.15, 0.2) is 0 Å². The topological polar surface area (TPSA) is 53.2 Å². The number of ether oxygens (including phenoxy) is 1. The lowest BCUT2D eigenvalue weighted by Gasteiger charge is -2.15. The van der Waals surface area contributed by atoms with Crippen LogP contribution in [0.1, 0.15) is 44.1 Å². The first-order valence-corrected chi connectivity index (χ1v) is 6.42. The quantitative estimate of drug-likeness (QED) is 0.804. The zero-order valence-electron chi connectivity index (χ0n) is 11.1. The van der Waals surface area contributed by atoms with Crippen LogP contribution < -0.4 is 4.74 Å². The molecule has 98 valence electrons. The molecule has 0 bridgehead atoms. The summed E-state index contributed by atoms with van der Waals surface area (Å²) in [4.78, 5) is 0. The van der Waals surface area contributed by atoms with Gasteiger partial charge in [-0.1, -0.05) is 31.9 Å². The normalized spacial score (nSPS) is 13.7. The van der Waals surface area contributed by atoms with E-state index < -0.39 is 6.10 Å². The molecule has 0 aliphatic rings. The van der Waals surface area contributed by atoms with Crippen LogP contribution in [0, 0.1) is 11.3 Å².